The normalized spacial score (nSPS) is 21.3. The minimum Gasteiger partial charge on any atom is -0.492 e. The zero-order chi connectivity index (χ0) is 22.6. The standard InChI is InChI=1S/C26H30FN2O3/c1-29(15-7-11-23(29)20-10-6-14-28-16-20)26(27)21-12-13-24(25(31-2)22(21)17-30)32-18-19-8-4-3-5-9-19/h3-6,8-10,12-14,16,23,26,30H,7,11,15,17-18H2,1-2H3/q+1. The van der Waals surface area contributed by atoms with Crippen molar-refractivity contribution in [3.63, 3.8) is 0 Å². The molecule has 1 fully saturated rings. The first-order valence-electron chi connectivity index (χ1n) is 10.9. The molecule has 3 unspecified atom stereocenters. The number of nitrogens with zero attached hydrogens (tertiary/aromatic N) is 2. The van der Waals surface area contributed by atoms with Gasteiger partial charge in [-0.2, -0.15) is 4.39 Å². The Morgan fingerprint density at radius 3 is 2.66 bits per heavy atom. The van der Waals surface area contributed by atoms with Crippen molar-refractivity contribution in [2.24, 2.45) is 0 Å². The van der Waals surface area contributed by atoms with E-state index in [0.29, 0.717) is 35.8 Å². The summed E-state index contributed by atoms with van der Waals surface area (Å²) in [5, 5.41) is 10.2. The fourth-order valence-corrected chi connectivity index (χ4v) is 4.83. The molecule has 3 aromatic rings. The fourth-order valence-electron chi connectivity index (χ4n) is 4.83. The Kier molecular flexibility index (Phi) is 6.72. The molecule has 2 heterocycles. The lowest BCUT2D eigenvalue weighted by Crippen LogP contribution is -2.45. The van der Waals surface area contributed by atoms with Crippen LogP contribution in [0.1, 0.15) is 47.4 Å². The molecule has 1 aliphatic heterocycles. The molecule has 0 radical (unpaired) electrons. The van der Waals surface area contributed by atoms with Gasteiger partial charge in [0.2, 0.25) is 0 Å². The number of quaternary nitrogens is 1. The van der Waals surface area contributed by atoms with E-state index >= 15 is 4.39 Å². The van der Waals surface area contributed by atoms with Crippen molar-refractivity contribution in [1.29, 1.82) is 0 Å². The van der Waals surface area contributed by atoms with E-state index < -0.39 is 6.30 Å². The maximum Gasteiger partial charge on any atom is 0.259 e. The van der Waals surface area contributed by atoms with Crippen LogP contribution < -0.4 is 9.47 Å². The zero-order valence-corrected chi connectivity index (χ0v) is 18.6. The number of benzene rings is 2. The van der Waals surface area contributed by atoms with E-state index in [1.807, 2.05) is 55.7 Å². The summed E-state index contributed by atoms with van der Waals surface area (Å²) in [4.78, 5) is 4.24. The van der Waals surface area contributed by atoms with E-state index in [4.69, 9.17) is 9.47 Å². The summed E-state index contributed by atoms with van der Waals surface area (Å²) >= 11 is 0. The number of aliphatic hydroxyl groups excluding tert-OH is 1. The van der Waals surface area contributed by atoms with Crippen LogP contribution in [-0.2, 0) is 13.2 Å². The van der Waals surface area contributed by atoms with E-state index in [1.54, 1.807) is 18.3 Å². The number of methoxy groups -OCH3 is 1. The van der Waals surface area contributed by atoms with Gasteiger partial charge in [0.05, 0.1) is 32.9 Å². The lowest BCUT2D eigenvalue weighted by Gasteiger charge is -2.39. The molecule has 0 amide bonds. The van der Waals surface area contributed by atoms with E-state index in [9.17, 15) is 5.11 Å². The van der Waals surface area contributed by atoms with Crippen molar-refractivity contribution in [3.05, 3.63) is 89.2 Å². The molecular formula is C26H30FN2O3+. The largest absolute Gasteiger partial charge is 0.492 e. The van der Waals surface area contributed by atoms with Crippen molar-refractivity contribution < 1.29 is 23.5 Å². The highest BCUT2D eigenvalue weighted by molar-refractivity contribution is 5.51. The monoisotopic (exact) mass is 437 g/mol. The summed E-state index contributed by atoms with van der Waals surface area (Å²) in [6.07, 6.45) is 4.07. The van der Waals surface area contributed by atoms with Gasteiger partial charge in [-0.1, -0.05) is 36.4 Å². The molecule has 168 valence electrons. The van der Waals surface area contributed by atoms with Crippen LogP contribution in [0.2, 0.25) is 0 Å². The SMILES string of the molecule is COc1c(OCc2ccccc2)ccc(C(F)[N+]2(C)CCCC2c2cccnc2)c1CO. The van der Waals surface area contributed by atoms with Gasteiger partial charge in [-0.25, -0.2) is 0 Å². The van der Waals surface area contributed by atoms with Crippen molar-refractivity contribution in [1.82, 2.24) is 4.98 Å². The van der Waals surface area contributed by atoms with Crippen LogP contribution in [0.5, 0.6) is 11.5 Å². The second-order valence-electron chi connectivity index (χ2n) is 8.45. The zero-order valence-electron chi connectivity index (χ0n) is 18.6. The average Bonchev–Trinajstić information content (AvgIpc) is 3.25. The Balaban J connectivity index is 1.65. The van der Waals surface area contributed by atoms with Crippen LogP contribution in [0.3, 0.4) is 0 Å². The Morgan fingerprint density at radius 2 is 1.97 bits per heavy atom. The number of likely N-dealkylation sites (tertiary alicyclic amines) is 1. The minimum atomic E-state index is -1.32. The van der Waals surface area contributed by atoms with Crippen LogP contribution in [0, 0.1) is 0 Å². The van der Waals surface area contributed by atoms with Crippen molar-refractivity contribution in [2.75, 3.05) is 20.7 Å². The number of hydrogen-bond donors (Lipinski definition) is 1. The lowest BCUT2D eigenvalue weighted by molar-refractivity contribution is -0.970. The third kappa shape index (κ3) is 4.20. The third-order valence-corrected chi connectivity index (χ3v) is 6.53. The van der Waals surface area contributed by atoms with Gasteiger partial charge < -0.3 is 14.6 Å². The molecule has 3 atom stereocenters. The van der Waals surface area contributed by atoms with E-state index in [2.05, 4.69) is 4.98 Å². The Labute approximate surface area is 188 Å². The molecule has 32 heavy (non-hydrogen) atoms. The molecule has 1 saturated heterocycles. The van der Waals surface area contributed by atoms with Gasteiger partial charge in [-0.15, -0.1) is 0 Å². The Bertz CT molecular complexity index is 1030. The summed E-state index contributed by atoms with van der Waals surface area (Å²) in [6, 6.07) is 17.2. The third-order valence-electron chi connectivity index (χ3n) is 6.53. The van der Waals surface area contributed by atoms with Crippen LogP contribution in [0.4, 0.5) is 4.39 Å². The number of rotatable bonds is 8. The van der Waals surface area contributed by atoms with Crippen LogP contribution in [0.25, 0.3) is 0 Å². The smallest absolute Gasteiger partial charge is 0.259 e. The first kappa shape index (κ1) is 22.2. The highest BCUT2D eigenvalue weighted by atomic mass is 19.1. The predicted octanol–water partition coefficient (Wildman–Crippen LogP) is 5.11. The van der Waals surface area contributed by atoms with Gasteiger partial charge >= 0.3 is 0 Å². The van der Waals surface area contributed by atoms with Crippen LogP contribution >= 0.6 is 0 Å². The molecule has 4 rings (SSSR count). The van der Waals surface area contributed by atoms with E-state index in [-0.39, 0.29) is 17.1 Å². The maximum absolute atomic E-state index is 16.3. The van der Waals surface area contributed by atoms with Crippen molar-refractivity contribution in [3.8, 4) is 11.5 Å². The number of hydrogen-bond acceptors (Lipinski definition) is 4. The predicted molar refractivity (Wildman–Crippen MR) is 121 cm³/mol. The second-order valence-corrected chi connectivity index (χ2v) is 8.45. The number of alkyl halides is 1. The van der Waals surface area contributed by atoms with Gasteiger partial charge in [-0.05, 0) is 23.8 Å². The number of pyridine rings is 1. The summed E-state index contributed by atoms with van der Waals surface area (Å²) in [5.74, 6) is 0.872. The molecule has 0 spiro atoms. The molecule has 1 aliphatic rings. The Hall–Kier alpha value is -2.96. The number of aliphatic hydroxyl groups is 1. The van der Waals surface area contributed by atoms with Gasteiger partial charge in [0.1, 0.15) is 12.6 Å². The van der Waals surface area contributed by atoms with Crippen molar-refractivity contribution in [2.45, 2.75) is 38.4 Å². The van der Waals surface area contributed by atoms with Gasteiger partial charge in [0, 0.05) is 36.4 Å². The molecule has 5 nitrogen and oxygen atoms in total. The van der Waals surface area contributed by atoms with E-state index in [1.165, 1.54) is 7.11 Å². The molecule has 6 heteroatoms. The molecule has 0 aliphatic carbocycles. The van der Waals surface area contributed by atoms with Crippen LogP contribution in [-0.4, -0.2) is 35.3 Å². The highest BCUT2D eigenvalue weighted by Crippen LogP contribution is 2.48. The van der Waals surface area contributed by atoms with Crippen LogP contribution in [0.15, 0.2) is 67.0 Å². The molecule has 0 bridgehead atoms. The summed E-state index contributed by atoms with van der Waals surface area (Å²) < 4.78 is 28.0. The molecule has 1 aromatic heterocycles. The Morgan fingerprint density at radius 1 is 1.16 bits per heavy atom. The fraction of sp³-hybridized carbons (Fsp3) is 0.346. The number of aromatic nitrogens is 1. The summed E-state index contributed by atoms with van der Waals surface area (Å²) in [5.41, 5.74) is 2.92. The quantitative estimate of drug-likeness (QED) is 0.393. The van der Waals surface area contributed by atoms with E-state index in [0.717, 1.165) is 24.0 Å². The molecule has 1 N–H and O–H groups in total. The first-order valence-corrected chi connectivity index (χ1v) is 10.9. The first-order chi connectivity index (χ1) is 15.6. The molecule has 0 saturated carbocycles. The van der Waals surface area contributed by atoms with Gasteiger partial charge in [0.25, 0.3) is 6.30 Å². The van der Waals surface area contributed by atoms with Gasteiger partial charge in [0.15, 0.2) is 11.5 Å². The second kappa shape index (κ2) is 9.67. The minimum absolute atomic E-state index is 0.00486. The van der Waals surface area contributed by atoms with Crippen molar-refractivity contribution >= 4 is 0 Å². The topological polar surface area (TPSA) is 51.6 Å². The highest BCUT2D eigenvalue weighted by Gasteiger charge is 2.47. The number of ether oxygens (including phenoxy) is 2. The maximum atomic E-state index is 16.3. The van der Waals surface area contributed by atoms with Gasteiger partial charge in [-0.3, -0.25) is 9.47 Å². The molecular weight excluding hydrogens is 407 g/mol. The molecule has 2 aromatic carbocycles. The summed E-state index contributed by atoms with van der Waals surface area (Å²) in [6.45, 7) is 0.733. The number of halogens is 1. The summed E-state index contributed by atoms with van der Waals surface area (Å²) in [7, 11) is 3.47. The average molecular weight is 438 g/mol. The lowest BCUT2D eigenvalue weighted by atomic mass is 10.0.